The second kappa shape index (κ2) is 3.81. The van der Waals surface area contributed by atoms with Gasteiger partial charge >= 0.3 is 0 Å². The van der Waals surface area contributed by atoms with E-state index < -0.39 is 0 Å². The Labute approximate surface area is 78.5 Å². The second-order valence-corrected chi connectivity index (χ2v) is 3.48. The topological polar surface area (TPSA) is 26.0 Å². The van der Waals surface area contributed by atoms with Crippen molar-refractivity contribution in [2.75, 3.05) is 5.73 Å². The van der Waals surface area contributed by atoms with E-state index in [0.29, 0.717) is 11.8 Å². The normalized spacial score (nSPS) is 10.7. The molecule has 0 heterocycles. The summed E-state index contributed by atoms with van der Waals surface area (Å²) >= 11 is 5.73. The van der Waals surface area contributed by atoms with Crippen LogP contribution in [0.25, 0.3) is 0 Å². The molecular formula is C10H14ClN. The number of benzene rings is 1. The molecule has 0 radical (unpaired) electrons. The summed E-state index contributed by atoms with van der Waals surface area (Å²) in [5, 5.41) is 0. The fourth-order valence-electron chi connectivity index (χ4n) is 1.25. The summed E-state index contributed by atoms with van der Waals surface area (Å²) < 4.78 is 0. The van der Waals surface area contributed by atoms with Crippen molar-refractivity contribution in [2.45, 2.75) is 25.6 Å². The molecule has 1 rings (SSSR count). The minimum Gasteiger partial charge on any atom is -0.398 e. The van der Waals surface area contributed by atoms with Gasteiger partial charge in [0.2, 0.25) is 0 Å². The highest BCUT2D eigenvalue weighted by atomic mass is 35.5. The molecule has 1 aromatic rings. The number of para-hydroxylation sites is 1. The van der Waals surface area contributed by atoms with E-state index >= 15 is 0 Å². The molecule has 0 bridgehead atoms. The van der Waals surface area contributed by atoms with Gasteiger partial charge in [0.1, 0.15) is 0 Å². The van der Waals surface area contributed by atoms with E-state index in [-0.39, 0.29) is 0 Å². The molecule has 0 unspecified atom stereocenters. The molecule has 66 valence electrons. The monoisotopic (exact) mass is 183 g/mol. The fraction of sp³-hybridized carbons (Fsp3) is 0.400. The van der Waals surface area contributed by atoms with E-state index in [9.17, 15) is 0 Å². The summed E-state index contributed by atoms with van der Waals surface area (Å²) in [6.45, 7) is 4.26. The van der Waals surface area contributed by atoms with E-state index in [0.717, 1.165) is 11.3 Å². The van der Waals surface area contributed by atoms with Crippen molar-refractivity contribution < 1.29 is 0 Å². The number of hydrogen-bond donors (Lipinski definition) is 1. The molecule has 0 atom stereocenters. The summed E-state index contributed by atoms with van der Waals surface area (Å²) in [5.74, 6) is 0.958. The Kier molecular flexibility index (Phi) is 2.99. The Balaban J connectivity index is 3.14. The van der Waals surface area contributed by atoms with Crippen LogP contribution in [0.3, 0.4) is 0 Å². The van der Waals surface area contributed by atoms with E-state index in [1.54, 1.807) is 0 Å². The Morgan fingerprint density at radius 3 is 2.58 bits per heavy atom. The molecular weight excluding hydrogens is 170 g/mol. The molecule has 1 aromatic carbocycles. The molecule has 1 nitrogen and oxygen atoms in total. The highest BCUT2D eigenvalue weighted by molar-refractivity contribution is 6.17. The van der Waals surface area contributed by atoms with Crippen molar-refractivity contribution in [3.63, 3.8) is 0 Å². The summed E-state index contributed by atoms with van der Waals surface area (Å²) in [4.78, 5) is 0. The molecule has 0 aliphatic carbocycles. The average Bonchev–Trinajstić information content (AvgIpc) is 2.04. The van der Waals surface area contributed by atoms with Crippen molar-refractivity contribution in [3.05, 3.63) is 29.3 Å². The fourth-order valence-corrected chi connectivity index (χ4v) is 1.49. The molecule has 0 aliphatic rings. The lowest BCUT2D eigenvalue weighted by Crippen LogP contribution is -1.99. The van der Waals surface area contributed by atoms with Crippen LogP contribution in [0.5, 0.6) is 0 Å². The van der Waals surface area contributed by atoms with E-state index in [1.165, 1.54) is 5.56 Å². The number of nitrogens with two attached hydrogens (primary N) is 1. The zero-order valence-electron chi connectivity index (χ0n) is 7.47. The van der Waals surface area contributed by atoms with Crippen LogP contribution in [0, 0.1) is 0 Å². The first kappa shape index (κ1) is 9.40. The number of nitrogen functional groups attached to an aromatic ring is 1. The van der Waals surface area contributed by atoms with Crippen molar-refractivity contribution in [1.29, 1.82) is 0 Å². The third-order valence-corrected chi connectivity index (χ3v) is 2.28. The van der Waals surface area contributed by atoms with E-state index in [4.69, 9.17) is 17.3 Å². The molecule has 2 N–H and O–H groups in total. The van der Waals surface area contributed by atoms with Crippen molar-refractivity contribution in [1.82, 2.24) is 0 Å². The number of anilines is 1. The number of hydrogen-bond acceptors (Lipinski definition) is 1. The van der Waals surface area contributed by atoms with Gasteiger partial charge in [-0.2, -0.15) is 0 Å². The van der Waals surface area contributed by atoms with Gasteiger partial charge in [0, 0.05) is 11.6 Å². The van der Waals surface area contributed by atoms with Crippen molar-refractivity contribution in [3.8, 4) is 0 Å². The van der Waals surface area contributed by atoms with Crippen LogP contribution in [0.15, 0.2) is 18.2 Å². The maximum Gasteiger partial charge on any atom is 0.0494 e. The second-order valence-electron chi connectivity index (χ2n) is 3.21. The van der Waals surface area contributed by atoms with Gasteiger partial charge in [-0.3, -0.25) is 0 Å². The van der Waals surface area contributed by atoms with Gasteiger partial charge in [-0.05, 0) is 17.0 Å². The minimum absolute atomic E-state index is 0.466. The molecule has 0 aromatic heterocycles. The maximum atomic E-state index is 5.91. The Morgan fingerprint density at radius 2 is 2.08 bits per heavy atom. The first-order chi connectivity index (χ1) is 5.66. The lowest BCUT2D eigenvalue weighted by atomic mass is 9.99. The molecule has 0 fully saturated rings. The summed E-state index contributed by atoms with van der Waals surface area (Å²) in [6.07, 6.45) is 0. The number of halogens is 1. The lowest BCUT2D eigenvalue weighted by Gasteiger charge is -2.11. The Morgan fingerprint density at radius 1 is 1.42 bits per heavy atom. The average molecular weight is 184 g/mol. The molecule has 0 spiro atoms. The number of alkyl halides is 1. The lowest BCUT2D eigenvalue weighted by molar-refractivity contribution is 0.868. The van der Waals surface area contributed by atoms with Crippen LogP contribution < -0.4 is 5.73 Å². The molecule has 12 heavy (non-hydrogen) atoms. The molecule has 0 saturated carbocycles. The SMILES string of the molecule is CC(C)c1cccc(CCl)c1N. The van der Waals surface area contributed by atoms with Crippen molar-refractivity contribution >= 4 is 17.3 Å². The van der Waals surface area contributed by atoms with Gasteiger partial charge in [-0.15, -0.1) is 11.6 Å². The minimum atomic E-state index is 0.466. The largest absolute Gasteiger partial charge is 0.398 e. The first-order valence-electron chi connectivity index (χ1n) is 4.10. The van der Waals surface area contributed by atoms with Gasteiger partial charge in [0.15, 0.2) is 0 Å². The van der Waals surface area contributed by atoms with Crippen LogP contribution in [0.4, 0.5) is 5.69 Å². The van der Waals surface area contributed by atoms with Gasteiger partial charge in [-0.25, -0.2) is 0 Å². The highest BCUT2D eigenvalue weighted by Gasteiger charge is 2.06. The van der Waals surface area contributed by atoms with E-state index in [1.807, 2.05) is 12.1 Å². The number of rotatable bonds is 2. The third kappa shape index (κ3) is 1.72. The third-order valence-electron chi connectivity index (χ3n) is 2.00. The smallest absolute Gasteiger partial charge is 0.0494 e. The summed E-state index contributed by atoms with van der Waals surface area (Å²) in [7, 11) is 0. The molecule has 0 amide bonds. The molecule has 0 aliphatic heterocycles. The first-order valence-corrected chi connectivity index (χ1v) is 4.63. The van der Waals surface area contributed by atoms with Gasteiger partial charge in [-0.1, -0.05) is 32.0 Å². The van der Waals surface area contributed by atoms with Crippen LogP contribution in [0.1, 0.15) is 30.9 Å². The van der Waals surface area contributed by atoms with Gasteiger partial charge in [0.25, 0.3) is 0 Å². The van der Waals surface area contributed by atoms with Crippen LogP contribution in [-0.4, -0.2) is 0 Å². The van der Waals surface area contributed by atoms with Crippen molar-refractivity contribution in [2.24, 2.45) is 0 Å². The van der Waals surface area contributed by atoms with E-state index in [2.05, 4.69) is 19.9 Å². The zero-order valence-corrected chi connectivity index (χ0v) is 8.23. The quantitative estimate of drug-likeness (QED) is 0.554. The van der Waals surface area contributed by atoms with Crippen LogP contribution in [0.2, 0.25) is 0 Å². The Hall–Kier alpha value is -0.690. The maximum absolute atomic E-state index is 5.91. The van der Waals surface area contributed by atoms with Gasteiger partial charge < -0.3 is 5.73 Å². The predicted octanol–water partition coefficient (Wildman–Crippen LogP) is 3.13. The predicted molar refractivity (Wildman–Crippen MR) is 54.5 cm³/mol. The standard InChI is InChI=1S/C10H14ClN/c1-7(2)9-5-3-4-8(6-11)10(9)12/h3-5,7H,6,12H2,1-2H3. The van der Waals surface area contributed by atoms with Crippen LogP contribution >= 0.6 is 11.6 Å². The molecule has 0 saturated heterocycles. The Bertz CT molecular complexity index is 269. The van der Waals surface area contributed by atoms with Crippen LogP contribution in [-0.2, 0) is 5.88 Å². The highest BCUT2D eigenvalue weighted by Crippen LogP contribution is 2.25. The molecule has 2 heteroatoms. The summed E-state index contributed by atoms with van der Waals surface area (Å²) in [6, 6.07) is 6.02. The van der Waals surface area contributed by atoms with Gasteiger partial charge in [0.05, 0.1) is 0 Å². The summed E-state index contributed by atoms with van der Waals surface area (Å²) in [5.41, 5.74) is 8.98. The zero-order chi connectivity index (χ0) is 9.14.